The smallest absolute Gasteiger partial charge is 0.251 e. The maximum atomic E-state index is 13.3. The Kier molecular flexibility index (Phi) is 5.59. The Hall–Kier alpha value is -2.51. The van der Waals surface area contributed by atoms with Gasteiger partial charge in [0.1, 0.15) is 0 Å². The molecule has 2 bridgehead atoms. The van der Waals surface area contributed by atoms with Gasteiger partial charge in [0.2, 0.25) is 11.8 Å². The van der Waals surface area contributed by atoms with E-state index in [9.17, 15) is 19.5 Å². The average molecular weight is 504 g/mol. The van der Waals surface area contributed by atoms with Gasteiger partial charge in [-0.05, 0) is 78.7 Å². The van der Waals surface area contributed by atoms with Crippen LogP contribution in [0.3, 0.4) is 0 Å². The standard InChI is InChI=1S/C30H37N3O4/c1-17-22-13-23(24(17)16-34)28-27(22)29(36)32(30(28)37)15-20-12-19(20)14-31-10-8-21(9-11-31)33-25-5-3-2-4-18(25)6-7-26(33)35/h2-7,17,19-24,27-28,34H,8-16H2,1H3/t17?,19-,20-,22?,23?,24?,27?,28?/m1/s1. The summed E-state index contributed by atoms with van der Waals surface area (Å²) >= 11 is 0. The number of pyridine rings is 1. The molecule has 2 aromatic rings. The van der Waals surface area contributed by atoms with E-state index in [1.807, 2.05) is 28.8 Å². The molecule has 6 unspecified atom stereocenters. The quantitative estimate of drug-likeness (QED) is 0.613. The fourth-order valence-electron chi connectivity index (χ4n) is 8.72. The molecule has 196 valence electrons. The predicted molar refractivity (Wildman–Crippen MR) is 140 cm³/mol. The molecule has 3 saturated carbocycles. The highest BCUT2D eigenvalue weighted by Gasteiger charge is 2.66. The summed E-state index contributed by atoms with van der Waals surface area (Å²) in [6.07, 6.45) is 3.94. The number of likely N-dealkylation sites (tertiary alicyclic amines) is 2. The van der Waals surface area contributed by atoms with Crippen LogP contribution in [0.1, 0.15) is 38.6 Å². The van der Waals surface area contributed by atoms with Crippen molar-refractivity contribution in [1.29, 1.82) is 0 Å². The van der Waals surface area contributed by atoms with Gasteiger partial charge in [0, 0.05) is 44.9 Å². The van der Waals surface area contributed by atoms with Crippen molar-refractivity contribution < 1.29 is 14.7 Å². The highest BCUT2D eigenvalue weighted by atomic mass is 16.3. The lowest BCUT2D eigenvalue weighted by molar-refractivity contribution is -0.141. The lowest BCUT2D eigenvalue weighted by Crippen LogP contribution is -2.39. The fraction of sp³-hybridized carbons (Fsp3) is 0.633. The molecule has 7 nitrogen and oxygen atoms in total. The summed E-state index contributed by atoms with van der Waals surface area (Å²) in [5.41, 5.74) is 1.10. The molecule has 2 aliphatic heterocycles. The first-order chi connectivity index (χ1) is 18.0. The van der Waals surface area contributed by atoms with Gasteiger partial charge in [-0.25, -0.2) is 0 Å². The van der Waals surface area contributed by atoms with E-state index in [1.165, 1.54) is 0 Å². The molecule has 7 heteroatoms. The molecule has 2 saturated heterocycles. The van der Waals surface area contributed by atoms with Gasteiger partial charge in [0.05, 0.1) is 17.4 Å². The summed E-state index contributed by atoms with van der Waals surface area (Å²) in [4.78, 5) is 43.4. The van der Waals surface area contributed by atoms with Crippen LogP contribution in [0.25, 0.3) is 10.9 Å². The molecule has 0 radical (unpaired) electrons. The van der Waals surface area contributed by atoms with Crippen LogP contribution in [-0.2, 0) is 9.59 Å². The number of rotatable bonds is 6. The van der Waals surface area contributed by atoms with E-state index in [-0.39, 0.29) is 59.6 Å². The van der Waals surface area contributed by atoms with Crippen LogP contribution >= 0.6 is 0 Å². The first-order valence-corrected chi connectivity index (χ1v) is 14.2. The lowest BCUT2D eigenvalue weighted by Gasteiger charge is -2.33. The van der Waals surface area contributed by atoms with Gasteiger partial charge in [-0.2, -0.15) is 0 Å². The van der Waals surface area contributed by atoms with Crippen LogP contribution in [0.15, 0.2) is 41.2 Å². The maximum absolute atomic E-state index is 13.3. The van der Waals surface area contributed by atoms with Crippen LogP contribution in [0, 0.1) is 47.3 Å². The molecule has 1 aromatic carbocycles. The van der Waals surface area contributed by atoms with E-state index in [1.54, 1.807) is 11.0 Å². The second-order valence-corrected chi connectivity index (χ2v) is 12.5. The number of nitrogens with zero attached hydrogens (tertiary/aromatic N) is 3. The largest absolute Gasteiger partial charge is 0.396 e. The molecule has 8 atom stereocenters. The van der Waals surface area contributed by atoms with Crippen LogP contribution < -0.4 is 5.56 Å². The summed E-state index contributed by atoms with van der Waals surface area (Å²) in [5, 5.41) is 11.0. The van der Waals surface area contributed by atoms with E-state index in [2.05, 4.69) is 17.9 Å². The summed E-state index contributed by atoms with van der Waals surface area (Å²) in [5.74, 6) is 1.69. The van der Waals surface area contributed by atoms with Crippen molar-refractivity contribution in [3.8, 4) is 0 Å². The Morgan fingerprint density at radius 1 is 0.865 bits per heavy atom. The molecule has 5 aliphatic rings. The van der Waals surface area contributed by atoms with Gasteiger partial charge in [-0.15, -0.1) is 0 Å². The molecule has 3 heterocycles. The van der Waals surface area contributed by atoms with Crippen LogP contribution in [0.5, 0.6) is 0 Å². The van der Waals surface area contributed by atoms with Crippen molar-refractivity contribution in [1.82, 2.24) is 14.4 Å². The SMILES string of the molecule is CC1C(CO)C2CC1C1C(=O)N(C[C@H]3C[C@@H]3CN3CCC(n4c(=O)ccc5ccccc54)CC3)C(=O)C21. The van der Waals surface area contributed by atoms with E-state index >= 15 is 0 Å². The summed E-state index contributed by atoms with van der Waals surface area (Å²) in [7, 11) is 0. The van der Waals surface area contributed by atoms with Crippen LogP contribution in [0.4, 0.5) is 0 Å². The third-order valence-electron chi connectivity index (χ3n) is 10.8. The van der Waals surface area contributed by atoms with Crippen molar-refractivity contribution >= 4 is 22.7 Å². The number of carbonyl (C=O) groups is 2. The lowest BCUT2D eigenvalue weighted by atomic mass is 9.70. The number of fused-ring (bicyclic) bond motifs is 6. The number of benzene rings is 1. The van der Waals surface area contributed by atoms with Gasteiger partial charge < -0.3 is 14.6 Å². The van der Waals surface area contributed by atoms with Crippen LogP contribution in [-0.4, -0.2) is 64.1 Å². The fourth-order valence-corrected chi connectivity index (χ4v) is 8.72. The highest BCUT2D eigenvalue weighted by molar-refractivity contribution is 6.06. The van der Waals surface area contributed by atoms with E-state index < -0.39 is 0 Å². The molecular formula is C30H37N3O4. The molecule has 1 N–H and O–H groups in total. The van der Waals surface area contributed by atoms with Gasteiger partial charge in [0.25, 0.3) is 5.56 Å². The second-order valence-electron chi connectivity index (χ2n) is 12.5. The summed E-state index contributed by atoms with van der Waals surface area (Å²) in [6, 6.07) is 11.9. The van der Waals surface area contributed by atoms with E-state index in [4.69, 9.17) is 0 Å². The second kappa shape index (κ2) is 8.77. The van der Waals surface area contributed by atoms with Crippen LogP contribution in [0.2, 0.25) is 0 Å². The number of imide groups is 1. The average Bonchev–Trinajstić information content (AvgIpc) is 3.27. The Balaban J connectivity index is 0.949. The van der Waals surface area contributed by atoms with E-state index in [0.717, 1.165) is 56.2 Å². The Bertz CT molecular complexity index is 1300. The van der Waals surface area contributed by atoms with Crippen molar-refractivity contribution in [3.63, 3.8) is 0 Å². The van der Waals surface area contributed by atoms with E-state index in [0.29, 0.717) is 24.3 Å². The molecule has 7 rings (SSSR count). The van der Waals surface area contributed by atoms with Gasteiger partial charge in [-0.3, -0.25) is 19.3 Å². The number of aromatic nitrogens is 1. The molecule has 0 spiro atoms. The van der Waals surface area contributed by atoms with Crippen molar-refractivity contribution in [3.05, 3.63) is 46.8 Å². The third kappa shape index (κ3) is 3.64. The Morgan fingerprint density at radius 3 is 2.32 bits per heavy atom. The molecular weight excluding hydrogens is 466 g/mol. The number of hydrogen-bond donors (Lipinski definition) is 1. The predicted octanol–water partition coefficient (Wildman–Crippen LogP) is 2.77. The normalized spacial score (nSPS) is 37.6. The molecule has 3 aliphatic carbocycles. The number of carbonyl (C=O) groups excluding carboxylic acids is 2. The maximum Gasteiger partial charge on any atom is 0.251 e. The van der Waals surface area contributed by atoms with Gasteiger partial charge in [-0.1, -0.05) is 25.1 Å². The Morgan fingerprint density at radius 2 is 1.57 bits per heavy atom. The van der Waals surface area contributed by atoms with Gasteiger partial charge >= 0.3 is 0 Å². The zero-order valence-corrected chi connectivity index (χ0v) is 21.5. The first-order valence-electron chi connectivity index (χ1n) is 14.2. The minimum absolute atomic E-state index is 0.0415. The molecule has 5 fully saturated rings. The molecule has 37 heavy (non-hydrogen) atoms. The van der Waals surface area contributed by atoms with Gasteiger partial charge in [0.15, 0.2) is 0 Å². The molecule has 1 aromatic heterocycles. The van der Waals surface area contributed by atoms with Crippen molar-refractivity contribution in [2.75, 3.05) is 32.8 Å². The highest BCUT2D eigenvalue weighted by Crippen LogP contribution is 2.61. The zero-order valence-electron chi connectivity index (χ0n) is 21.5. The topological polar surface area (TPSA) is 82.8 Å². The minimum Gasteiger partial charge on any atom is -0.396 e. The summed E-state index contributed by atoms with van der Waals surface area (Å²) < 4.78 is 1.99. The monoisotopic (exact) mass is 503 g/mol. The number of amides is 2. The van der Waals surface area contributed by atoms with Crippen molar-refractivity contribution in [2.24, 2.45) is 47.3 Å². The Labute approximate surface area is 217 Å². The van der Waals surface area contributed by atoms with Crippen molar-refractivity contribution in [2.45, 2.75) is 38.6 Å². The summed E-state index contributed by atoms with van der Waals surface area (Å²) in [6.45, 7) is 5.81. The number of aliphatic hydroxyl groups is 1. The third-order valence-corrected chi connectivity index (χ3v) is 10.8. The molecule has 2 amide bonds. The number of hydrogen-bond acceptors (Lipinski definition) is 5. The first kappa shape index (κ1) is 23.6. The minimum atomic E-state index is -0.181. The zero-order chi connectivity index (χ0) is 25.4. The number of para-hydroxylation sites is 1. The number of aliphatic hydroxyl groups excluding tert-OH is 1. The number of piperidine rings is 1.